The van der Waals surface area contributed by atoms with E-state index >= 15 is 0 Å². The Morgan fingerprint density at radius 1 is 1.14 bits per heavy atom. The summed E-state index contributed by atoms with van der Waals surface area (Å²) in [5.74, 6) is 1.31. The summed E-state index contributed by atoms with van der Waals surface area (Å²) >= 11 is 12.0. The van der Waals surface area contributed by atoms with Crippen LogP contribution < -0.4 is 4.74 Å². The van der Waals surface area contributed by atoms with E-state index in [4.69, 9.17) is 27.9 Å². The second-order valence-corrected chi connectivity index (χ2v) is 6.47. The number of hydrogen-bond acceptors (Lipinski definition) is 3. The number of halogens is 2. The van der Waals surface area contributed by atoms with Crippen molar-refractivity contribution in [3.63, 3.8) is 0 Å². The van der Waals surface area contributed by atoms with Crippen molar-refractivity contribution in [1.29, 1.82) is 0 Å². The number of aromatic nitrogens is 1. The fourth-order valence-electron chi connectivity index (χ4n) is 2.80. The van der Waals surface area contributed by atoms with Gasteiger partial charge in [0.05, 0.1) is 11.8 Å². The number of pyridine rings is 1. The van der Waals surface area contributed by atoms with Gasteiger partial charge in [-0.3, -0.25) is 4.98 Å². The van der Waals surface area contributed by atoms with E-state index in [1.165, 1.54) is 0 Å². The molecule has 0 saturated carbocycles. The summed E-state index contributed by atoms with van der Waals surface area (Å²) < 4.78 is 6.00. The predicted molar refractivity (Wildman–Crippen MR) is 88.0 cm³/mol. The van der Waals surface area contributed by atoms with E-state index in [9.17, 15) is 5.11 Å². The summed E-state index contributed by atoms with van der Waals surface area (Å²) in [7, 11) is 0. The van der Waals surface area contributed by atoms with E-state index in [1.807, 2.05) is 13.0 Å². The van der Waals surface area contributed by atoms with E-state index in [1.54, 1.807) is 18.2 Å². The minimum atomic E-state index is -0.525. The summed E-state index contributed by atoms with van der Waals surface area (Å²) in [6.45, 7) is 1.90. The lowest BCUT2D eigenvalue weighted by Gasteiger charge is -2.16. The highest BCUT2D eigenvalue weighted by molar-refractivity contribution is 6.34. The van der Waals surface area contributed by atoms with Crippen molar-refractivity contribution >= 4 is 23.2 Å². The molecule has 0 spiro atoms. The molecule has 3 rings (SSSR count). The van der Waals surface area contributed by atoms with Crippen LogP contribution in [0.5, 0.6) is 11.5 Å². The molecular formula is C17H17Cl2NO2. The van der Waals surface area contributed by atoms with Crippen molar-refractivity contribution in [1.82, 2.24) is 4.98 Å². The predicted octanol–water partition coefficient (Wildman–Crippen LogP) is 5.25. The van der Waals surface area contributed by atoms with Gasteiger partial charge in [-0.25, -0.2) is 0 Å². The van der Waals surface area contributed by atoms with Crippen LogP contribution in [0.3, 0.4) is 0 Å². The van der Waals surface area contributed by atoms with Gasteiger partial charge in [0.25, 0.3) is 0 Å². The van der Waals surface area contributed by atoms with Crippen LogP contribution in [-0.2, 0) is 6.42 Å². The smallest absolute Gasteiger partial charge is 0.134 e. The third-order valence-electron chi connectivity index (χ3n) is 3.78. The molecule has 0 radical (unpaired) electrons. The second-order valence-electron chi connectivity index (χ2n) is 5.59. The minimum absolute atomic E-state index is 0.525. The second kappa shape index (κ2) is 6.45. The van der Waals surface area contributed by atoms with E-state index in [2.05, 4.69) is 4.98 Å². The van der Waals surface area contributed by atoms with Crippen LogP contribution in [-0.4, -0.2) is 10.1 Å². The summed E-state index contributed by atoms with van der Waals surface area (Å²) in [5.41, 5.74) is 2.54. The first-order valence-corrected chi connectivity index (χ1v) is 8.11. The molecule has 0 fully saturated rings. The number of aryl methyl sites for hydroxylation is 1. The van der Waals surface area contributed by atoms with Gasteiger partial charge in [-0.1, -0.05) is 29.6 Å². The zero-order chi connectivity index (χ0) is 15.7. The van der Waals surface area contributed by atoms with Crippen LogP contribution in [0.2, 0.25) is 10.0 Å². The van der Waals surface area contributed by atoms with E-state index in [0.717, 1.165) is 48.4 Å². The van der Waals surface area contributed by atoms with Crippen LogP contribution in [0.1, 0.15) is 42.3 Å². The standard InChI is InChI=1S/C17H17Cl2NO2/c1-10-6-16(22-13-8-11(18)7-12(19)9-13)14-4-2-3-5-15(21)17(14)20-10/h6-9,15,21H,2-5H2,1H3. The Bertz CT molecular complexity index is 683. The van der Waals surface area contributed by atoms with Crippen molar-refractivity contribution in [2.75, 3.05) is 0 Å². The lowest BCUT2D eigenvalue weighted by atomic mass is 10.1. The molecule has 1 aliphatic rings. The number of benzene rings is 1. The van der Waals surface area contributed by atoms with Gasteiger partial charge in [0.2, 0.25) is 0 Å². The molecule has 1 aromatic heterocycles. The maximum Gasteiger partial charge on any atom is 0.134 e. The molecule has 0 amide bonds. The van der Waals surface area contributed by atoms with Gasteiger partial charge >= 0.3 is 0 Å². The number of aliphatic hydroxyl groups is 1. The molecule has 0 aliphatic heterocycles. The average molecular weight is 338 g/mol. The minimum Gasteiger partial charge on any atom is -0.457 e. The van der Waals surface area contributed by atoms with Gasteiger partial charge in [0, 0.05) is 27.4 Å². The Kier molecular flexibility index (Phi) is 4.57. The van der Waals surface area contributed by atoms with Crippen LogP contribution in [0, 0.1) is 6.92 Å². The fourth-order valence-corrected chi connectivity index (χ4v) is 3.31. The first kappa shape index (κ1) is 15.6. The van der Waals surface area contributed by atoms with Gasteiger partial charge < -0.3 is 9.84 Å². The SMILES string of the molecule is Cc1cc(Oc2cc(Cl)cc(Cl)c2)c2c(n1)C(O)CCCC2. The normalized spacial score (nSPS) is 17.7. The largest absolute Gasteiger partial charge is 0.457 e. The number of nitrogens with zero attached hydrogens (tertiary/aromatic N) is 1. The quantitative estimate of drug-likeness (QED) is 0.761. The Labute approximate surface area is 139 Å². The van der Waals surface area contributed by atoms with Gasteiger partial charge in [0.15, 0.2) is 0 Å². The Morgan fingerprint density at radius 3 is 2.59 bits per heavy atom. The number of fused-ring (bicyclic) bond motifs is 1. The third-order valence-corrected chi connectivity index (χ3v) is 4.21. The molecule has 3 nitrogen and oxygen atoms in total. The zero-order valence-corrected chi connectivity index (χ0v) is 13.8. The summed E-state index contributed by atoms with van der Waals surface area (Å²) in [4.78, 5) is 4.51. The van der Waals surface area contributed by atoms with E-state index in [0.29, 0.717) is 15.8 Å². The lowest BCUT2D eigenvalue weighted by molar-refractivity contribution is 0.161. The van der Waals surface area contributed by atoms with Gasteiger partial charge in [-0.2, -0.15) is 0 Å². The molecule has 0 saturated heterocycles. The van der Waals surface area contributed by atoms with Crippen molar-refractivity contribution in [2.24, 2.45) is 0 Å². The Balaban J connectivity index is 2.03. The van der Waals surface area contributed by atoms with Crippen molar-refractivity contribution in [2.45, 2.75) is 38.7 Å². The first-order valence-electron chi connectivity index (χ1n) is 7.35. The molecule has 2 aromatic rings. The third kappa shape index (κ3) is 3.37. The molecule has 1 unspecified atom stereocenters. The van der Waals surface area contributed by atoms with Crippen molar-refractivity contribution in [3.05, 3.63) is 51.3 Å². The van der Waals surface area contributed by atoms with Crippen LogP contribution >= 0.6 is 23.2 Å². The molecule has 22 heavy (non-hydrogen) atoms. The summed E-state index contributed by atoms with van der Waals surface area (Å²) in [5, 5.41) is 11.3. The molecular weight excluding hydrogens is 321 g/mol. The van der Waals surface area contributed by atoms with Gasteiger partial charge in [0.1, 0.15) is 11.5 Å². The van der Waals surface area contributed by atoms with Crippen LogP contribution in [0.15, 0.2) is 24.3 Å². The highest BCUT2D eigenvalue weighted by atomic mass is 35.5. The zero-order valence-electron chi connectivity index (χ0n) is 12.3. The molecule has 1 aliphatic carbocycles. The summed E-state index contributed by atoms with van der Waals surface area (Å²) in [6.07, 6.45) is 3.07. The Morgan fingerprint density at radius 2 is 1.86 bits per heavy atom. The lowest BCUT2D eigenvalue weighted by Crippen LogP contribution is -2.05. The molecule has 0 bridgehead atoms. The molecule has 5 heteroatoms. The maximum absolute atomic E-state index is 10.3. The number of hydrogen-bond donors (Lipinski definition) is 1. The number of rotatable bonds is 2. The van der Waals surface area contributed by atoms with Crippen LogP contribution in [0.4, 0.5) is 0 Å². The fraction of sp³-hybridized carbons (Fsp3) is 0.353. The van der Waals surface area contributed by atoms with Crippen LogP contribution in [0.25, 0.3) is 0 Å². The van der Waals surface area contributed by atoms with Crippen molar-refractivity contribution < 1.29 is 9.84 Å². The van der Waals surface area contributed by atoms with Gasteiger partial charge in [-0.05, 0) is 44.4 Å². The number of ether oxygens (including phenoxy) is 1. The van der Waals surface area contributed by atoms with E-state index < -0.39 is 6.10 Å². The first-order chi connectivity index (χ1) is 10.5. The number of aliphatic hydroxyl groups excluding tert-OH is 1. The van der Waals surface area contributed by atoms with Gasteiger partial charge in [-0.15, -0.1) is 0 Å². The molecule has 1 heterocycles. The highest BCUT2D eigenvalue weighted by Crippen LogP contribution is 2.36. The molecule has 1 atom stereocenters. The monoisotopic (exact) mass is 337 g/mol. The molecule has 116 valence electrons. The summed E-state index contributed by atoms with van der Waals surface area (Å²) in [6, 6.07) is 7.01. The maximum atomic E-state index is 10.3. The molecule has 1 aromatic carbocycles. The van der Waals surface area contributed by atoms with E-state index in [-0.39, 0.29) is 0 Å². The topological polar surface area (TPSA) is 42.4 Å². The highest BCUT2D eigenvalue weighted by Gasteiger charge is 2.22. The molecule has 1 N–H and O–H groups in total. The average Bonchev–Trinajstić information content (AvgIpc) is 2.60. The Hall–Kier alpha value is -1.29. The van der Waals surface area contributed by atoms with Crippen molar-refractivity contribution in [3.8, 4) is 11.5 Å².